The lowest BCUT2D eigenvalue weighted by molar-refractivity contribution is 0.0697. The Bertz CT molecular complexity index is 629. The number of anilines is 1. The van der Waals surface area contributed by atoms with E-state index in [-0.39, 0.29) is 23.6 Å². The van der Waals surface area contributed by atoms with E-state index < -0.39 is 16.0 Å². The largest absolute Gasteiger partial charge is 0.478 e. The second-order valence-electron chi connectivity index (χ2n) is 5.60. The first kappa shape index (κ1) is 19.4. The van der Waals surface area contributed by atoms with Gasteiger partial charge in [0.05, 0.1) is 10.5 Å². The van der Waals surface area contributed by atoms with Crippen LogP contribution in [0.5, 0.6) is 0 Å². The molecule has 0 unspecified atom stereocenters. The van der Waals surface area contributed by atoms with Crippen molar-refractivity contribution in [1.82, 2.24) is 4.72 Å². The Kier molecular flexibility index (Phi) is 7.47. The fourth-order valence-electron chi connectivity index (χ4n) is 1.89. The van der Waals surface area contributed by atoms with Crippen LogP contribution in [-0.2, 0) is 10.0 Å². The highest BCUT2D eigenvalue weighted by Gasteiger charge is 2.18. The van der Waals surface area contributed by atoms with Crippen LogP contribution in [0.3, 0.4) is 0 Å². The van der Waals surface area contributed by atoms with Gasteiger partial charge in [0.1, 0.15) is 0 Å². The molecule has 0 atom stereocenters. The first-order valence-electron chi connectivity index (χ1n) is 7.49. The van der Waals surface area contributed by atoms with Gasteiger partial charge in [0, 0.05) is 25.4 Å². The van der Waals surface area contributed by atoms with Gasteiger partial charge in [-0.25, -0.2) is 17.9 Å². The standard InChI is InChI=1S/C15H24N2O5S/c1-11(2)6-8-16-14-5-4-12(10-13(14)15(19)20)23(21,22)17-7-3-9-18/h4-5,10-11,16-18H,3,6-9H2,1-2H3,(H,19,20). The Morgan fingerprint density at radius 1 is 1.26 bits per heavy atom. The quantitative estimate of drug-likeness (QED) is 0.478. The monoisotopic (exact) mass is 344 g/mol. The molecule has 0 aliphatic carbocycles. The smallest absolute Gasteiger partial charge is 0.337 e. The Hall–Kier alpha value is -1.64. The van der Waals surface area contributed by atoms with Crippen LogP contribution in [-0.4, -0.2) is 44.3 Å². The number of sulfonamides is 1. The molecule has 0 radical (unpaired) electrons. The molecule has 0 saturated heterocycles. The van der Waals surface area contributed by atoms with E-state index in [0.717, 1.165) is 12.5 Å². The van der Waals surface area contributed by atoms with Crippen LogP contribution in [0.15, 0.2) is 23.1 Å². The number of hydrogen-bond acceptors (Lipinski definition) is 5. The summed E-state index contributed by atoms with van der Waals surface area (Å²) in [5.74, 6) is -0.712. The molecule has 0 saturated carbocycles. The van der Waals surface area contributed by atoms with Crippen LogP contribution in [0.2, 0.25) is 0 Å². The summed E-state index contributed by atoms with van der Waals surface area (Å²) < 4.78 is 26.5. The first-order chi connectivity index (χ1) is 10.8. The lowest BCUT2D eigenvalue weighted by Gasteiger charge is -2.13. The maximum atomic E-state index is 12.1. The fourth-order valence-corrected chi connectivity index (χ4v) is 2.99. The third kappa shape index (κ3) is 6.17. The van der Waals surface area contributed by atoms with Gasteiger partial charge in [0.2, 0.25) is 10.0 Å². The lowest BCUT2D eigenvalue weighted by atomic mass is 10.1. The van der Waals surface area contributed by atoms with Gasteiger partial charge in [-0.1, -0.05) is 13.8 Å². The summed E-state index contributed by atoms with van der Waals surface area (Å²) in [6, 6.07) is 3.97. The van der Waals surface area contributed by atoms with Crippen molar-refractivity contribution in [3.8, 4) is 0 Å². The number of aliphatic hydroxyl groups is 1. The van der Waals surface area contributed by atoms with Gasteiger partial charge >= 0.3 is 5.97 Å². The fraction of sp³-hybridized carbons (Fsp3) is 0.533. The summed E-state index contributed by atoms with van der Waals surface area (Å²) in [7, 11) is -3.79. The van der Waals surface area contributed by atoms with Crippen molar-refractivity contribution in [2.24, 2.45) is 5.92 Å². The van der Waals surface area contributed by atoms with Crippen molar-refractivity contribution in [3.63, 3.8) is 0 Å². The lowest BCUT2D eigenvalue weighted by Crippen LogP contribution is -2.25. The molecule has 0 spiro atoms. The maximum absolute atomic E-state index is 12.1. The average Bonchev–Trinajstić information content (AvgIpc) is 2.47. The predicted molar refractivity (Wildman–Crippen MR) is 88.2 cm³/mol. The molecule has 1 aromatic carbocycles. The molecule has 0 heterocycles. The van der Waals surface area contributed by atoms with E-state index in [1.54, 1.807) is 0 Å². The highest BCUT2D eigenvalue weighted by Crippen LogP contribution is 2.21. The number of carbonyl (C=O) groups is 1. The number of carboxylic acids is 1. The Labute approximate surface area is 136 Å². The summed E-state index contributed by atoms with van der Waals surface area (Å²) >= 11 is 0. The summed E-state index contributed by atoms with van der Waals surface area (Å²) in [4.78, 5) is 11.3. The molecule has 7 nitrogen and oxygen atoms in total. The Morgan fingerprint density at radius 3 is 2.52 bits per heavy atom. The van der Waals surface area contributed by atoms with Crippen molar-refractivity contribution in [2.75, 3.05) is 25.0 Å². The predicted octanol–water partition coefficient (Wildman–Crippen LogP) is 1.50. The molecule has 0 aliphatic heterocycles. The van der Waals surface area contributed by atoms with E-state index in [0.29, 0.717) is 24.6 Å². The normalized spacial score (nSPS) is 11.7. The van der Waals surface area contributed by atoms with Crippen LogP contribution in [0.4, 0.5) is 5.69 Å². The number of aromatic carboxylic acids is 1. The molecule has 1 rings (SSSR count). The number of nitrogens with one attached hydrogen (secondary N) is 2. The van der Waals surface area contributed by atoms with Gasteiger partial charge in [0.15, 0.2) is 0 Å². The average molecular weight is 344 g/mol. The van der Waals surface area contributed by atoms with Crippen molar-refractivity contribution in [2.45, 2.75) is 31.6 Å². The van der Waals surface area contributed by atoms with Gasteiger partial charge in [-0.2, -0.15) is 0 Å². The van der Waals surface area contributed by atoms with Crippen LogP contribution in [0.1, 0.15) is 37.0 Å². The van der Waals surface area contributed by atoms with Gasteiger partial charge in [0.25, 0.3) is 0 Å². The zero-order valence-electron chi connectivity index (χ0n) is 13.4. The van der Waals surface area contributed by atoms with Gasteiger partial charge < -0.3 is 15.5 Å². The van der Waals surface area contributed by atoms with E-state index in [9.17, 15) is 18.3 Å². The van der Waals surface area contributed by atoms with Gasteiger partial charge in [-0.05, 0) is 37.0 Å². The summed E-state index contributed by atoms with van der Waals surface area (Å²) in [5.41, 5.74) is 0.311. The molecular formula is C15H24N2O5S. The molecule has 8 heteroatoms. The molecule has 23 heavy (non-hydrogen) atoms. The number of hydrogen-bond donors (Lipinski definition) is 4. The minimum atomic E-state index is -3.79. The van der Waals surface area contributed by atoms with Crippen molar-refractivity contribution < 1.29 is 23.4 Å². The van der Waals surface area contributed by atoms with Crippen LogP contribution in [0, 0.1) is 5.92 Å². The minimum Gasteiger partial charge on any atom is -0.478 e. The molecule has 4 N–H and O–H groups in total. The van der Waals surface area contributed by atoms with Crippen molar-refractivity contribution >= 4 is 21.7 Å². The second kappa shape index (κ2) is 8.85. The van der Waals surface area contributed by atoms with Gasteiger partial charge in [-0.3, -0.25) is 0 Å². The Morgan fingerprint density at radius 2 is 1.96 bits per heavy atom. The highest BCUT2D eigenvalue weighted by molar-refractivity contribution is 7.89. The topological polar surface area (TPSA) is 116 Å². The first-order valence-corrected chi connectivity index (χ1v) is 8.98. The highest BCUT2D eigenvalue weighted by atomic mass is 32.2. The van der Waals surface area contributed by atoms with E-state index in [2.05, 4.69) is 23.9 Å². The maximum Gasteiger partial charge on any atom is 0.337 e. The van der Waals surface area contributed by atoms with E-state index >= 15 is 0 Å². The Balaban J connectivity index is 2.96. The molecule has 0 fully saturated rings. The molecule has 0 aliphatic rings. The van der Waals surface area contributed by atoms with Crippen LogP contribution < -0.4 is 10.0 Å². The molecule has 130 valence electrons. The van der Waals surface area contributed by atoms with E-state index in [1.807, 2.05) is 0 Å². The minimum absolute atomic E-state index is 0.0845. The molecule has 0 amide bonds. The zero-order valence-corrected chi connectivity index (χ0v) is 14.2. The van der Waals surface area contributed by atoms with E-state index in [4.69, 9.17) is 5.11 Å². The summed E-state index contributed by atoms with van der Waals surface area (Å²) in [5, 5.41) is 21.0. The number of rotatable bonds is 10. The third-order valence-electron chi connectivity index (χ3n) is 3.20. The van der Waals surface area contributed by atoms with Crippen molar-refractivity contribution in [1.29, 1.82) is 0 Å². The van der Waals surface area contributed by atoms with Gasteiger partial charge in [-0.15, -0.1) is 0 Å². The molecule has 1 aromatic rings. The number of carboxylic acid groups (broad SMARTS) is 1. The summed E-state index contributed by atoms with van der Waals surface area (Å²) in [6.45, 7) is 4.71. The summed E-state index contributed by atoms with van der Waals surface area (Å²) in [6.07, 6.45) is 1.17. The van der Waals surface area contributed by atoms with E-state index in [1.165, 1.54) is 12.1 Å². The van der Waals surface area contributed by atoms with Crippen molar-refractivity contribution in [3.05, 3.63) is 23.8 Å². The molecule has 0 bridgehead atoms. The second-order valence-corrected chi connectivity index (χ2v) is 7.36. The SMILES string of the molecule is CC(C)CCNc1ccc(S(=O)(=O)NCCCO)cc1C(=O)O. The van der Waals surface area contributed by atoms with Crippen LogP contribution in [0.25, 0.3) is 0 Å². The molecule has 0 aromatic heterocycles. The van der Waals surface area contributed by atoms with Crippen LogP contribution >= 0.6 is 0 Å². The number of aliphatic hydroxyl groups excluding tert-OH is 1. The molecular weight excluding hydrogens is 320 g/mol. The number of benzene rings is 1. The zero-order chi connectivity index (χ0) is 17.5. The third-order valence-corrected chi connectivity index (χ3v) is 4.65.